The van der Waals surface area contributed by atoms with Crippen molar-refractivity contribution in [1.82, 2.24) is 9.78 Å². The Morgan fingerprint density at radius 1 is 0.861 bits per heavy atom. The third-order valence-corrected chi connectivity index (χ3v) is 6.21. The number of hydrogen-bond donors (Lipinski definition) is 1. The molecule has 0 aliphatic carbocycles. The van der Waals surface area contributed by atoms with Gasteiger partial charge in [0, 0.05) is 17.3 Å². The number of carbonyl (C=O) groups excluding carboxylic acids is 2. The van der Waals surface area contributed by atoms with Crippen LogP contribution in [-0.4, -0.2) is 21.6 Å². The first-order valence-corrected chi connectivity index (χ1v) is 11.6. The van der Waals surface area contributed by atoms with Crippen LogP contribution in [-0.2, 0) is 16.0 Å². The summed E-state index contributed by atoms with van der Waals surface area (Å²) in [5.41, 5.74) is 2.95. The lowest BCUT2D eigenvalue weighted by Gasteiger charge is -2.14. The Morgan fingerprint density at radius 2 is 1.53 bits per heavy atom. The number of pyridine rings is 1. The van der Waals surface area contributed by atoms with Crippen LogP contribution in [0.3, 0.4) is 0 Å². The molecule has 3 heterocycles. The number of imide groups is 1. The van der Waals surface area contributed by atoms with Gasteiger partial charge in [-0.05, 0) is 62.7 Å². The Bertz CT molecular complexity index is 1600. The van der Waals surface area contributed by atoms with Crippen molar-refractivity contribution < 1.29 is 18.5 Å². The molecule has 0 saturated carbocycles. The highest BCUT2D eigenvalue weighted by atomic mass is 19.1. The van der Waals surface area contributed by atoms with E-state index in [0.29, 0.717) is 23.5 Å². The van der Waals surface area contributed by atoms with Gasteiger partial charge in [0.1, 0.15) is 11.4 Å². The number of aromatic amines is 1. The summed E-state index contributed by atoms with van der Waals surface area (Å²) in [5, 5.41) is 3.05. The van der Waals surface area contributed by atoms with Crippen LogP contribution in [0.2, 0.25) is 0 Å². The van der Waals surface area contributed by atoms with Gasteiger partial charge in [-0.25, -0.2) is 14.0 Å². The largest absolute Gasteiger partial charge is 0.331 e. The molecule has 0 atom stereocenters. The van der Waals surface area contributed by atoms with Gasteiger partial charge in [-0.3, -0.25) is 19.5 Å². The SMILES string of the molecule is CCc1[nH]n(-c2ccc(F)cc2)c(=O)c1C1=C([n+]2cccc(C)c2)C(=O)N(c2ccc(C)cc2)C1=O. The first kappa shape index (κ1) is 23.2. The van der Waals surface area contributed by atoms with Crippen LogP contribution in [0.15, 0.2) is 77.9 Å². The molecule has 0 radical (unpaired) electrons. The third-order valence-electron chi connectivity index (χ3n) is 6.21. The van der Waals surface area contributed by atoms with Gasteiger partial charge in [-0.15, -0.1) is 0 Å². The Kier molecular flexibility index (Phi) is 5.72. The number of hydrogen-bond acceptors (Lipinski definition) is 3. The Hall–Kier alpha value is -4.59. The monoisotopic (exact) mass is 483 g/mol. The van der Waals surface area contributed by atoms with Crippen molar-refractivity contribution in [2.75, 3.05) is 4.90 Å². The maximum Gasteiger partial charge on any atom is 0.331 e. The fourth-order valence-electron chi connectivity index (χ4n) is 4.41. The normalized spacial score (nSPS) is 13.7. The molecular weight excluding hydrogens is 459 g/mol. The first-order valence-electron chi connectivity index (χ1n) is 11.6. The van der Waals surface area contributed by atoms with Crippen molar-refractivity contribution >= 4 is 28.8 Å². The van der Waals surface area contributed by atoms with Gasteiger partial charge in [0.15, 0.2) is 12.4 Å². The summed E-state index contributed by atoms with van der Waals surface area (Å²) in [5.74, 6) is -1.53. The molecule has 0 fully saturated rings. The van der Waals surface area contributed by atoms with E-state index in [2.05, 4.69) is 5.10 Å². The number of aryl methyl sites for hydroxylation is 3. The van der Waals surface area contributed by atoms with Crippen molar-refractivity contribution in [3.8, 4) is 5.69 Å². The number of amides is 2. The molecule has 0 unspecified atom stereocenters. The second-order valence-electron chi connectivity index (χ2n) is 8.73. The number of halogens is 1. The number of benzene rings is 2. The van der Waals surface area contributed by atoms with E-state index in [-0.39, 0.29) is 16.8 Å². The zero-order valence-corrected chi connectivity index (χ0v) is 20.1. The quantitative estimate of drug-likeness (QED) is 0.347. The number of nitrogens with zero attached hydrogens (tertiary/aromatic N) is 3. The molecule has 5 rings (SSSR count). The van der Waals surface area contributed by atoms with Crippen molar-refractivity contribution in [3.63, 3.8) is 0 Å². The minimum Gasteiger partial charge on any atom is -0.294 e. The lowest BCUT2D eigenvalue weighted by Crippen LogP contribution is -2.39. The topological polar surface area (TPSA) is 79.1 Å². The maximum absolute atomic E-state index is 13.9. The van der Waals surface area contributed by atoms with E-state index in [1.807, 2.05) is 39.0 Å². The highest BCUT2D eigenvalue weighted by Crippen LogP contribution is 2.33. The van der Waals surface area contributed by atoms with Crippen LogP contribution >= 0.6 is 0 Å². The predicted octanol–water partition coefficient (Wildman–Crippen LogP) is 3.71. The average Bonchev–Trinajstić information content (AvgIpc) is 3.32. The van der Waals surface area contributed by atoms with Crippen molar-refractivity contribution in [2.24, 2.45) is 0 Å². The van der Waals surface area contributed by atoms with Crippen LogP contribution in [0.4, 0.5) is 10.1 Å². The molecule has 2 aromatic heterocycles. The molecular formula is C28H24FN4O3+. The van der Waals surface area contributed by atoms with E-state index >= 15 is 0 Å². The van der Waals surface area contributed by atoms with E-state index < -0.39 is 23.2 Å². The van der Waals surface area contributed by atoms with Crippen LogP contribution in [0.1, 0.15) is 29.3 Å². The van der Waals surface area contributed by atoms with Gasteiger partial charge < -0.3 is 0 Å². The highest BCUT2D eigenvalue weighted by Gasteiger charge is 2.48. The van der Waals surface area contributed by atoms with Crippen LogP contribution < -0.4 is 15.0 Å². The molecule has 4 aromatic rings. The lowest BCUT2D eigenvalue weighted by molar-refractivity contribution is -0.577. The molecule has 36 heavy (non-hydrogen) atoms. The van der Waals surface area contributed by atoms with Crippen molar-refractivity contribution in [3.05, 3.63) is 112 Å². The second kappa shape index (κ2) is 8.88. The van der Waals surface area contributed by atoms with E-state index in [9.17, 15) is 18.8 Å². The molecule has 1 N–H and O–H groups in total. The zero-order valence-electron chi connectivity index (χ0n) is 20.1. The second-order valence-corrected chi connectivity index (χ2v) is 8.73. The Labute approximate surface area is 206 Å². The fourth-order valence-corrected chi connectivity index (χ4v) is 4.41. The van der Waals surface area contributed by atoms with Gasteiger partial charge in [-0.1, -0.05) is 24.6 Å². The number of anilines is 1. The van der Waals surface area contributed by atoms with E-state index in [1.165, 1.54) is 28.9 Å². The molecule has 2 amide bonds. The summed E-state index contributed by atoms with van der Waals surface area (Å²) < 4.78 is 16.4. The van der Waals surface area contributed by atoms with E-state index in [1.54, 1.807) is 35.2 Å². The van der Waals surface area contributed by atoms with Crippen LogP contribution in [0.5, 0.6) is 0 Å². The zero-order chi connectivity index (χ0) is 25.6. The summed E-state index contributed by atoms with van der Waals surface area (Å²) in [6.45, 7) is 5.65. The number of aromatic nitrogens is 3. The molecule has 1 aliphatic heterocycles. The van der Waals surface area contributed by atoms with Gasteiger partial charge >= 0.3 is 5.91 Å². The minimum absolute atomic E-state index is 0.0233. The van der Waals surface area contributed by atoms with E-state index in [4.69, 9.17) is 0 Å². The van der Waals surface area contributed by atoms with Crippen LogP contribution in [0.25, 0.3) is 17.0 Å². The van der Waals surface area contributed by atoms with Gasteiger partial charge in [-0.2, -0.15) is 4.57 Å². The number of carbonyl (C=O) groups is 2. The number of rotatable bonds is 5. The van der Waals surface area contributed by atoms with Gasteiger partial charge in [0.05, 0.1) is 16.9 Å². The highest BCUT2D eigenvalue weighted by molar-refractivity contribution is 6.53. The predicted molar refractivity (Wildman–Crippen MR) is 134 cm³/mol. The third kappa shape index (κ3) is 3.76. The van der Waals surface area contributed by atoms with Crippen molar-refractivity contribution in [1.29, 1.82) is 0 Å². The van der Waals surface area contributed by atoms with Crippen molar-refractivity contribution in [2.45, 2.75) is 27.2 Å². The fraction of sp³-hybridized carbons (Fsp3) is 0.143. The van der Waals surface area contributed by atoms with E-state index in [0.717, 1.165) is 16.0 Å². The molecule has 1 aliphatic rings. The summed E-state index contributed by atoms with van der Waals surface area (Å²) >= 11 is 0. The number of nitrogens with one attached hydrogen (secondary N) is 1. The number of H-pyrrole nitrogens is 1. The minimum atomic E-state index is -0.579. The summed E-state index contributed by atoms with van der Waals surface area (Å²) in [4.78, 5) is 42.5. The Balaban J connectivity index is 1.77. The molecule has 0 spiro atoms. The average molecular weight is 484 g/mol. The molecule has 2 aromatic carbocycles. The smallest absolute Gasteiger partial charge is 0.294 e. The summed E-state index contributed by atoms with van der Waals surface area (Å²) in [6.07, 6.45) is 3.83. The maximum atomic E-state index is 13.9. The molecule has 8 heteroatoms. The molecule has 0 saturated heterocycles. The Morgan fingerprint density at radius 3 is 2.17 bits per heavy atom. The lowest BCUT2D eigenvalue weighted by atomic mass is 10.0. The molecule has 0 bridgehead atoms. The van der Waals surface area contributed by atoms with Gasteiger partial charge in [0.25, 0.3) is 17.2 Å². The molecule has 7 nitrogen and oxygen atoms in total. The van der Waals surface area contributed by atoms with Crippen LogP contribution in [0, 0.1) is 19.7 Å². The van der Waals surface area contributed by atoms with Gasteiger partial charge in [0.2, 0.25) is 0 Å². The summed E-state index contributed by atoms with van der Waals surface area (Å²) in [7, 11) is 0. The molecule has 180 valence electrons. The first-order chi connectivity index (χ1) is 17.3. The standard InChI is InChI=1S/C28H23FN4O3/c1-4-22-23(27(35)33(30-22)21-13-9-19(29)10-14-21)24-25(31-15-5-6-18(3)16-31)28(36)32(26(24)34)20-11-7-17(2)8-12-20/h5-16H,4H2,1-3H3/p+1. The summed E-state index contributed by atoms with van der Waals surface area (Å²) in [6, 6.07) is 16.2.